The molecule has 0 aromatic heterocycles. The summed E-state index contributed by atoms with van der Waals surface area (Å²) in [7, 11) is -3.42. The van der Waals surface area contributed by atoms with Gasteiger partial charge < -0.3 is 23.9 Å². The van der Waals surface area contributed by atoms with E-state index in [2.05, 4.69) is 4.18 Å². The number of ketones is 1. The fourth-order valence-corrected chi connectivity index (χ4v) is 3.02. The van der Waals surface area contributed by atoms with Gasteiger partial charge >= 0.3 is 10.4 Å². The Hall–Kier alpha value is -2.98. The molecule has 0 saturated carbocycles. The molecule has 138 valence electrons. The van der Waals surface area contributed by atoms with Gasteiger partial charge in [-0.3, -0.25) is 9.35 Å². The molecule has 1 atom stereocenters. The maximum Gasteiger partial charge on any atom is 0.446 e. The number of phenols is 2. The summed E-state index contributed by atoms with van der Waals surface area (Å²) in [6.07, 6.45) is -0.891. The summed E-state index contributed by atoms with van der Waals surface area (Å²) in [5, 5.41) is 19.8. The number of rotatable bonds is 4. The van der Waals surface area contributed by atoms with Gasteiger partial charge in [-0.1, -0.05) is 6.07 Å². The second-order valence-electron chi connectivity index (χ2n) is 5.49. The molecule has 0 unspecified atom stereocenters. The van der Waals surface area contributed by atoms with Crippen molar-refractivity contribution in [3.05, 3.63) is 41.5 Å². The van der Waals surface area contributed by atoms with Crippen molar-refractivity contribution in [2.45, 2.75) is 12.5 Å². The molecule has 0 aliphatic carbocycles. The van der Waals surface area contributed by atoms with Crippen LogP contribution in [0.25, 0.3) is 0 Å². The molecule has 2 aromatic carbocycles. The summed E-state index contributed by atoms with van der Waals surface area (Å²) < 4.78 is 45.3. The van der Waals surface area contributed by atoms with E-state index >= 15 is 0 Å². The molecule has 10 heteroatoms. The van der Waals surface area contributed by atoms with Gasteiger partial charge in [-0.25, -0.2) is 0 Å². The van der Waals surface area contributed by atoms with Crippen LogP contribution in [0.5, 0.6) is 28.7 Å². The van der Waals surface area contributed by atoms with Gasteiger partial charge in [0.2, 0.25) is 0 Å². The molecule has 0 fully saturated rings. The first-order chi connectivity index (χ1) is 12.2. The Morgan fingerprint density at radius 3 is 2.50 bits per heavy atom. The van der Waals surface area contributed by atoms with Crippen molar-refractivity contribution in [3.8, 4) is 28.7 Å². The van der Waals surface area contributed by atoms with E-state index in [1.165, 1.54) is 19.2 Å². The molecular weight excluding hydrogens is 368 g/mol. The number of aromatic hydroxyl groups is 2. The topological polar surface area (TPSA) is 140 Å². The number of fused-ring (bicyclic) bond motifs is 1. The van der Waals surface area contributed by atoms with Gasteiger partial charge in [-0.15, -0.1) is 0 Å². The number of phenolic OH excluding ortho intramolecular Hbond substituents is 2. The Bertz CT molecular complexity index is 981. The molecule has 2 aromatic rings. The van der Waals surface area contributed by atoms with Gasteiger partial charge in [-0.2, -0.15) is 8.42 Å². The van der Waals surface area contributed by atoms with Crippen molar-refractivity contribution in [1.82, 2.24) is 0 Å². The molecular formula is C16H14O9S. The first-order valence-electron chi connectivity index (χ1n) is 7.28. The van der Waals surface area contributed by atoms with Crippen LogP contribution in [0.2, 0.25) is 0 Å². The first-order valence-corrected chi connectivity index (χ1v) is 8.65. The summed E-state index contributed by atoms with van der Waals surface area (Å²) in [5.74, 6) is -1.41. The van der Waals surface area contributed by atoms with Crippen LogP contribution in [-0.4, -0.2) is 36.1 Å². The summed E-state index contributed by atoms with van der Waals surface area (Å²) in [4.78, 5) is 12.4. The van der Waals surface area contributed by atoms with Crippen LogP contribution < -0.4 is 13.7 Å². The molecule has 1 aliphatic rings. The van der Waals surface area contributed by atoms with Crippen LogP contribution in [-0.2, 0) is 10.4 Å². The molecule has 3 N–H and O–H groups in total. The van der Waals surface area contributed by atoms with Crippen molar-refractivity contribution in [3.63, 3.8) is 0 Å². The highest BCUT2D eigenvalue weighted by atomic mass is 32.3. The van der Waals surface area contributed by atoms with Crippen LogP contribution in [0.1, 0.15) is 28.4 Å². The Kier molecular flexibility index (Phi) is 4.38. The SMILES string of the molecule is COc1ccc([C@@H]2CC(=O)c3c(O)cc(OS(=O)(=O)O)cc3O2)cc1O. The zero-order valence-corrected chi connectivity index (χ0v) is 14.2. The number of methoxy groups -OCH3 is 1. The third-order valence-electron chi connectivity index (χ3n) is 3.75. The van der Waals surface area contributed by atoms with E-state index in [9.17, 15) is 23.4 Å². The summed E-state index contributed by atoms with van der Waals surface area (Å²) >= 11 is 0. The van der Waals surface area contributed by atoms with Gasteiger partial charge in [0.1, 0.15) is 23.2 Å². The quantitative estimate of drug-likeness (QED) is 0.677. The van der Waals surface area contributed by atoms with Crippen LogP contribution in [0.4, 0.5) is 0 Å². The maximum absolute atomic E-state index is 12.4. The van der Waals surface area contributed by atoms with Crippen LogP contribution >= 0.6 is 0 Å². The standard InChI is InChI=1S/C16H14O9S/c1-23-13-3-2-8(4-10(13)17)14-7-12(19)16-11(18)5-9(6-15(16)24-14)25-26(20,21)22/h2-6,14,17-18H,7H2,1H3,(H,20,21,22)/t14-/m0/s1. The predicted molar refractivity (Wildman–Crippen MR) is 87.3 cm³/mol. The second-order valence-corrected chi connectivity index (χ2v) is 6.51. The molecule has 1 aliphatic heterocycles. The van der Waals surface area contributed by atoms with E-state index in [0.29, 0.717) is 5.56 Å². The number of ether oxygens (including phenoxy) is 2. The molecule has 1 heterocycles. The van der Waals surface area contributed by atoms with Gasteiger partial charge in [0.15, 0.2) is 23.0 Å². The summed E-state index contributed by atoms with van der Waals surface area (Å²) in [6, 6.07) is 6.42. The van der Waals surface area contributed by atoms with Crippen molar-refractivity contribution < 1.29 is 41.6 Å². The first kappa shape index (κ1) is 17.8. The molecule has 0 bridgehead atoms. The zero-order valence-electron chi connectivity index (χ0n) is 13.4. The van der Waals surface area contributed by atoms with Crippen LogP contribution in [0.3, 0.4) is 0 Å². The van der Waals surface area contributed by atoms with Crippen molar-refractivity contribution in [1.29, 1.82) is 0 Å². The summed E-state index contributed by atoms with van der Waals surface area (Å²) in [6.45, 7) is 0. The smallest absolute Gasteiger partial charge is 0.446 e. The van der Waals surface area contributed by atoms with Crippen molar-refractivity contribution in [2.24, 2.45) is 0 Å². The molecule has 0 spiro atoms. The molecule has 0 saturated heterocycles. The Morgan fingerprint density at radius 2 is 1.88 bits per heavy atom. The minimum Gasteiger partial charge on any atom is -0.507 e. The number of hydrogen-bond donors (Lipinski definition) is 3. The Morgan fingerprint density at radius 1 is 1.15 bits per heavy atom. The van der Waals surface area contributed by atoms with E-state index in [0.717, 1.165) is 12.1 Å². The monoisotopic (exact) mass is 382 g/mol. The highest BCUT2D eigenvalue weighted by Gasteiger charge is 2.31. The molecule has 0 radical (unpaired) electrons. The van der Waals surface area contributed by atoms with E-state index in [4.69, 9.17) is 14.0 Å². The minimum absolute atomic E-state index is 0.106. The lowest BCUT2D eigenvalue weighted by molar-refractivity contribution is 0.0844. The lowest BCUT2D eigenvalue weighted by Crippen LogP contribution is -2.20. The third-order valence-corrected chi connectivity index (χ3v) is 4.15. The number of Topliss-reactive ketones (excluding diaryl/α,β-unsaturated/α-hetero) is 1. The Balaban J connectivity index is 1.98. The fourth-order valence-electron chi connectivity index (χ4n) is 2.68. The molecule has 26 heavy (non-hydrogen) atoms. The average molecular weight is 382 g/mol. The van der Waals surface area contributed by atoms with Crippen molar-refractivity contribution >= 4 is 16.2 Å². The van der Waals surface area contributed by atoms with E-state index in [1.54, 1.807) is 6.07 Å². The number of hydrogen-bond acceptors (Lipinski definition) is 8. The summed E-state index contributed by atoms with van der Waals surface area (Å²) in [5.41, 5.74) is 0.351. The maximum atomic E-state index is 12.4. The highest BCUT2D eigenvalue weighted by molar-refractivity contribution is 7.81. The zero-order chi connectivity index (χ0) is 19.1. The van der Waals surface area contributed by atoms with Crippen molar-refractivity contribution in [2.75, 3.05) is 7.11 Å². The van der Waals surface area contributed by atoms with Gasteiger partial charge in [0, 0.05) is 12.1 Å². The molecule has 9 nitrogen and oxygen atoms in total. The van der Waals surface area contributed by atoms with Gasteiger partial charge in [-0.05, 0) is 17.7 Å². The van der Waals surface area contributed by atoms with E-state index in [1.807, 2.05) is 0 Å². The molecule has 3 rings (SSSR count). The fraction of sp³-hybridized carbons (Fsp3) is 0.188. The minimum atomic E-state index is -4.81. The molecule has 0 amide bonds. The number of carbonyl (C=O) groups excluding carboxylic acids is 1. The van der Waals surface area contributed by atoms with Crippen LogP contribution in [0.15, 0.2) is 30.3 Å². The predicted octanol–water partition coefficient (Wildman–Crippen LogP) is 1.99. The largest absolute Gasteiger partial charge is 0.507 e. The third kappa shape index (κ3) is 3.51. The Labute approximate surface area is 148 Å². The van der Waals surface area contributed by atoms with E-state index < -0.39 is 33.8 Å². The normalized spacial score (nSPS) is 16.5. The van der Waals surface area contributed by atoms with Crippen LogP contribution in [0, 0.1) is 0 Å². The van der Waals surface area contributed by atoms with E-state index in [-0.39, 0.29) is 29.2 Å². The second kappa shape index (κ2) is 6.39. The van der Waals surface area contributed by atoms with Gasteiger partial charge in [0.25, 0.3) is 0 Å². The number of benzene rings is 2. The lowest BCUT2D eigenvalue weighted by atomic mass is 9.95. The number of carbonyl (C=O) groups is 1. The average Bonchev–Trinajstić information content (AvgIpc) is 2.52. The highest BCUT2D eigenvalue weighted by Crippen LogP contribution is 2.43. The van der Waals surface area contributed by atoms with Gasteiger partial charge in [0.05, 0.1) is 13.5 Å². The lowest BCUT2D eigenvalue weighted by Gasteiger charge is -2.26.